The molecule has 0 spiro atoms. The summed E-state index contributed by atoms with van der Waals surface area (Å²) in [6.45, 7) is 4.69. The standard InChI is InChI=1S/C41H32N2/c1-41(2)38-16-10-9-15-36(38)37-23-21-35(28-39(37)41)43(33-13-7-4-8-14-33)34-22-24-40-31(27-34)25-26-42(40)32-19-17-30(18-20-32)29-11-5-3-6-12-29/h3-28H,1-2H3. The van der Waals surface area contributed by atoms with Gasteiger partial charge in [-0.25, -0.2) is 0 Å². The number of fused-ring (bicyclic) bond motifs is 4. The Bertz CT molecular complexity index is 2080. The highest BCUT2D eigenvalue weighted by atomic mass is 15.1. The molecule has 0 fully saturated rings. The fourth-order valence-electron chi connectivity index (χ4n) is 6.79. The summed E-state index contributed by atoms with van der Waals surface area (Å²) in [6.07, 6.45) is 2.17. The number of rotatable bonds is 5. The highest BCUT2D eigenvalue weighted by molar-refractivity contribution is 5.90. The van der Waals surface area contributed by atoms with Gasteiger partial charge in [-0.05, 0) is 94.0 Å². The summed E-state index contributed by atoms with van der Waals surface area (Å²) in [5.74, 6) is 0. The lowest BCUT2D eigenvalue weighted by atomic mass is 9.82. The molecule has 1 aromatic heterocycles. The molecule has 0 atom stereocenters. The van der Waals surface area contributed by atoms with E-state index in [1.807, 2.05) is 0 Å². The van der Waals surface area contributed by atoms with E-state index >= 15 is 0 Å². The van der Waals surface area contributed by atoms with Crippen LogP contribution < -0.4 is 4.90 Å². The van der Waals surface area contributed by atoms with Crippen molar-refractivity contribution in [2.75, 3.05) is 4.90 Å². The molecule has 0 amide bonds. The first-order valence-corrected chi connectivity index (χ1v) is 14.9. The van der Waals surface area contributed by atoms with Crippen molar-refractivity contribution in [1.82, 2.24) is 4.57 Å². The summed E-state index contributed by atoms with van der Waals surface area (Å²) >= 11 is 0. The van der Waals surface area contributed by atoms with E-state index in [1.54, 1.807) is 0 Å². The van der Waals surface area contributed by atoms with E-state index in [4.69, 9.17) is 0 Å². The largest absolute Gasteiger partial charge is 0.317 e. The van der Waals surface area contributed by atoms with Crippen LogP contribution in [0.2, 0.25) is 0 Å². The lowest BCUT2D eigenvalue weighted by Gasteiger charge is -2.28. The Balaban J connectivity index is 1.20. The maximum atomic E-state index is 2.39. The Morgan fingerprint density at radius 1 is 0.488 bits per heavy atom. The zero-order valence-corrected chi connectivity index (χ0v) is 24.4. The molecule has 0 saturated heterocycles. The average Bonchev–Trinajstić information content (AvgIpc) is 3.58. The number of aromatic nitrogens is 1. The molecule has 2 nitrogen and oxygen atoms in total. The Labute approximate surface area is 253 Å². The van der Waals surface area contributed by atoms with Gasteiger partial charge in [-0.2, -0.15) is 0 Å². The third kappa shape index (κ3) is 4.18. The summed E-state index contributed by atoms with van der Waals surface area (Å²) in [4.78, 5) is 2.38. The maximum absolute atomic E-state index is 2.39. The second-order valence-electron chi connectivity index (χ2n) is 11.9. The fraction of sp³-hybridized carbons (Fsp3) is 0.0732. The van der Waals surface area contributed by atoms with Crippen molar-refractivity contribution in [2.45, 2.75) is 19.3 Å². The molecule has 206 valence electrons. The third-order valence-corrected chi connectivity index (χ3v) is 9.02. The van der Waals surface area contributed by atoms with Crippen molar-refractivity contribution in [1.29, 1.82) is 0 Å². The highest BCUT2D eigenvalue weighted by Crippen LogP contribution is 2.50. The molecule has 0 radical (unpaired) electrons. The van der Waals surface area contributed by atoms with E-state index in [-0.39, 0.29) is 5.41 Å². The van der Waals surface area contributed by atoms with Crippen LogP contribution in [-0.2, 0) is 5.41 Å². The zero-order chi connectivity index (χ0) is 29.0. The number of anilines is 3. The lowest BCUT2D eigenvalue weighted by Crippen LogP contribution is -2.16. The van der Waals surface area contributed by atoms with E-state index in [9.17, 15) is 0 Å². The molecule has 0 N–H and O–H groups in total. The number of para-hydroxylation sites is 1. The summed E-state index contributed by atoms with van der Waals surface area (Å²) in [5.41, 5.74) is 13.7. The van der Waals surface area contributed by atoms with Crippen molar-refractivity contribution >= 4 is 28.0 Å². The first kappa shape index (κ1) is 25.4. The van der Waals surface area contributed by atoms with Crippen LogP contribution in [-0.4, -0.2) is 4.57 Å². The molecular weight excluding hydrogens is 520 g/mol. The minimum absolute atomic E-state index is 0.0540. The predicted octanol–water partition coefficient (Wildman–Crippen LogP) is 11.1. The monoisotopic (exact) mass is 552 g/mol. The summed E-state index contributed by atoms with van der Waals surface area (Å²) in [5, 5.41) is 1.21. The van der Waals surface area contributed by atoms with Gasteiger partial charge in [0, 0.05) is 39.7 Å². The first-order chi connectivity index (χ1) is 21.1. The van der Waals surface area contributed by atoms with Crippen LogP contribution in [0.4, 0.5) is 17.1 Å². The van der Waals surface area contributed by atoms with Crippen LogP contribution in [0.5, 0.6) is 0 Å². The van der Waals surface area contributed by atoms with Crippen molar-refractivity contribution in [3.05, 3.63) is 169 Å². The fourth-order valence-corrected chi connectivity index (χ4v) is 6.79. The highest BCUT2D eigenvalue weighted by Gasteiger charge is 2.35. The second kappa shape index (κ2) is 9.89. The van der Waals surface area contributed by atoms with Gasteiger partial charge in [0.05, 0.1) is 5.52 Å². The molecule has 43 heavy (non-hydrogen) atoms. The molecule has 2 heteroatoms. The van der Waals surface area contributed by atoms with Crippen molar-refractivity contribution in [2.24, 2.45) is 0 Å². The van der Waals surface area contributed by atoms with Gasteiger partial charge in [-0.3, -0.25) is 0 Å². The molecule has 0 saturated carbocycles. The van der Waals surface area contributed by atoms with E-state index in [1.165, 1.54) is 50.0 Å². The number of benzene rings is 6. The molecule has 0 aliphatic heterocycles. The normalized spacial score (nSPS) is 13.1. The smallest absolute Gasteiger partial charge is 0.0529 e. The zero-order valence-electron chi connectivity index (χ0n) is 24.4. The predicted molar refractivity (Wildman–Crippen MR) is 181 cm³/mol. The number of nitrogens with zero attached hydrogens (tertiary/aromatic N) is 2. The van der Waals surface area contributed by atoms with Crippen LogP contribution in [0.15, 0.2) is 158 Å². The summed E-state index contributed by atoms with van der Waals surface area (Å²) in [6, 6.07) is 54.9. The molecule has 0 bridgehead atoms. The van der Waals surface area contributed by atoms with Crippen LogP contribution in [0, 0.1) is 0 Å². The van der Waals surface area contributed by atoms with E-state index < -0.39 is 0 Å². The Morgan fingerprint density at radius 2 is 1.12 bits per heavy atom. The van der Waals surface area contributed by atoms with Gasteiger partial charge in [0.25, 0.3) is 0 Å². The third-order valence-electron chi connectivity index (χ3n) is 9.02. The van der Waals surface area contributed by atoms with Crippen molar-refractivity contribution in [3.8, 4) is 27.9 Å². The topological polar surface area (TPSA) is 8.17 Å². The van der Waals surface area contributed by atoms with Crippen LogP contribution in [0.3, 0.4) is 0 Å². The van der Waals surface area contributed by atoms with Crippen molar-refractivity contribution in [3.63, 3.8) is 0 Å². The van der Waals surface area contributed by atoms with Gasteiger partial charge in [0.1, 0.15) is 0 Å². The van der Waals surface area contributed by atoms with E-state index in [0.29, 0.717) is 0 Å². The van der Waals surface area contributed by atoms with Crippen molar-refractivity contribution < 1.29 is 0 Å². The van der Waals surface area contributed by atoms with Gasteiger partial charge < -0.3 is 9.47 Å². The number of hydrogen-bond acceptors (Lipinski definition) is 1. The average molecular weight is 553 g/mol. The van der Waals surface area contributed by atoms with Gasteiger partial charge in [0.2, 0.25) is 0 Å². The SMILES string of the molecule is CC1(C)c2ccccc2-c2ccc(N(c3ccccc3)c3ccc4c(ccn4-c4ccc(-c5ccccc5)cc4)c3)cc21. The molecular formula is C41H32N2. The quantitative estimate of drug-likeness (QED) is 0.206. The van der Waals surface area contributed by atoms with Crippen LogP contribution >= 0.6 is 0 Å². The molecule has 1 aliphatic carbocycles. The minimum atomic E-state index is -0.0540. The van der Waals surface area contributed by atoms with Crippen LogP contribution in [0.25, 0.3) is 38.8 Å². The minimum Gasteiger partial charge on any atom is -0.317 e. The van der Waals surface area contributed by atoms with Gasteiger partial charge in [-0.1, -0.05) is 105 Å². The van der Waals surface area contributed by atoms with Gasteiger partial charge in [-0.15, -0.1) is 0 Å². The first-order valence-electron chi connectivity index (χ1n) is 14.9. The number of hydrogen-bond donors (Lipinski definition) is 0. The Hall–Kier alpha value is -5.34. The lowest BCUT2D eigenvalue weighted by molar-refractivity contribution is 0.660. The van der Waals surface area contributed by atoms with E-state index in [0.717, 1.165) is 17.1 Å². The molecule has 1 aliphatic rings. The molecule has 6 aromatic carbocycles. The summed E-state index contributed by atoms with van der Waals surface area (Å²) < 4.78 is 2.27. The summed E-state index contributed by atoms with van der Waals surface area (Å²) in [7, 11) is 0. The molecule has 1 heterocycles. The molecule has 0 unspecified atom stereocenters. The maximum Gasteiger partial charge on any atom is 0.0529 e. The van der Waals surface area contributed by atoms with Crippen LogP contribution in [0.1, 0.15) is 25.0 Å². The van der Waals surface area contributed by atoms with E-state index in [2.05, 4.69) is 181 Å². The Morgan fingerprint density at radius 3 is 1.91 bits per heavy atom. The van der Waals surface area contributed by atoms with Gasteiger partial charge in [0.15, 0.2) is 0 Å². The molecule has 8 rings (SSSR count). The molecule has 7 aromatic rings. The second-order valence-corrected chi connectivity index (χ2v) is 11.9. The van der Waals surface area contributed by atoms with Gasteiger partial charge >= 0.3 is 0 Å². The Kier molecular flexibility index (Phi) is 5.84.